The number of hydrogen-bond acceptors (Lipinski definition) is 3. The van der Waals surface area contributed by atoms with Crippen molar-refractivity contribution in [2.24, 2.45) is 0 Å². The minimum Gasteiger partial charge on any atom is -0.489 e. The summed E-state index contributed by atoms with van der Waals surface area (Å²) in [4.78, 5) is 0. The Hall–Kier alpha value is -0.500. The van der Waals surface area contributed by atoms with Gasteiger partial charge in [-0.3, -0.25) is 0 Å². The molecule has 3 nitrogen and oxygen atoms in total. The van der Waals surface area contributed by atoms with Crippen LogP contribution >= 0.6 is 58.0 Å². The first-order chi connectivity index (χ1) is 13.9. The molecule has 0 fully saturated rings. The van der Waals surface area contributed by atoms with Gasteiger partial charge in [0.1, 0.15) is 21.9 Å². The van der Waals surface area contributed by atoms with Crippen molar-refractivity contribution < 1.29 is 27.4 Å². The number of halogens is 8. The molecule has 170 valence electrons. The van der Waals surface area contributed by atoms with Crippen LogP contribution in [0.25, 0.3) is 0 Å². The van der Waals surface area contributed by atoms with Crippen molar-refractivity contribution in [2.45, 2.75) is 45.1 Å². The maximum Gasteiger partial charge on any atom is 0.426 e. The third-order valence-electron chi connectivity index (χ3n) is 3.67. The number of ether oxygens (including phenoxy) is 3. The van der Waals surface area contributed by atoms with E-state index in [2.05, 4.69) is 0 Å². The summed E-state index contributed by atoms with van der Waals surface area (Å²) in [5.74, 6) is 0.723. The lowest BCUT2D eigenvalue weighted by atomic mass is 10.1. The van der Waals surface area contributed by atoms with Gasteiger partial charge in [-0.25, -0.2) is 0 Å². The van der Waals surface area contributed by atoms with Crippen molar-refractivity contribution in [1.29, 1.82) is 0 Å². The molecule has 2 unspecified atom stereocenters. The van der Waals surface area contributed by atoms with Gasteiger partial charge in [-0.1, -0.05) is 58.0 Å². The molecule has 11 heteroatoms. The predicted octanol–water partition coefficient (Wildman–Crippen LogP) is 8.33. The van der Waals surface area contributed by atoms with E-state index in [-0.39, 0.29) is 40.0 Å². The third-order valence-corrected chi connectivity index (χ3v) is 4.91. The van der Waals surface area contributed by atoms with Crippen molar-refractivity contribution >= 4 is 58.0 Å². The zero-order valence-electron chi connectivity index (χ0n) is 16.0. The highest BCUT2D eigenvalue weighted by Gasteiger charge is 2.31. The van der Waals surface area contributed by atoms with Gasteiger partial charge in [0.05, 0.1) is 28.9 Å². The van der Waals surface area contributed by atoms with E-state index in [0.717, 1.165) is 6.08 Å². The minimum atomic E-state index is -4.57. The fourth-order valence-corrected chi connectivity index (χ4v) is 2.89. The Bertz CT molecular complexity index is 726. The predicted molar refractivity (Wildman–Crippen MR) is 116 cm³/mol. The first-order valence-corrected chi connectivity index (χ1v) is 10.6. The van der Waals surface area contributed by atoms with Gasteiger partial charge in [0, 0.05) is 12.1 Å². The van der Waals surface area contributed by atoms with Crippen molar-refractivity contribution in [2.75, 3.05) is 13.2 Å². The molecule has 0 radical (unpaired) electrons. The second-order valence-corrected chi connectivity index (χ2v) is 8.45. The Morgan fingerprint density at radius 2 is 1.53 bits per heavy atom. The number of benzene rings is 1. The first kappa shape index (κ1) is 27.5. The van der Waals surface area contributed by atoms with Crippen molar-refractivity contribution in [1.82, 2.24) is 0 Å². The average molecular weight is 531 g/mol. The van der Waals surface area contributed by atoms with Crippen LogP contribution in [0.15, 0.2) is 33.8 Å². The summed E-state index contributed by atoms with van der Waals surface area (Å²) in [5, 5.41) is -0.673. The monoisotopic (exact) mass is 528 g/mol. The Morgan fingerprint density at radius 1 is 0.967 bits per heavy atom. The molecule has 0 heterocycles. The van der Waals surface area contributed by atoms with Gasteiger partial charge in [-0.05, 0) is 38.8 Å². The second kappa shape index (κ2) is 13.1. The average Bonchev–Trinajstić information content (AvgIpc) is 2.62. The SMILES string of the molecule is CC(CCC(C)Oc1c(Cl)cc(OCC=C(Cl)Cl)cc1Cl)OCC=C(Cl)C(F)(F)F. The Balaban J connectivity index is 2.52. The van der Waals surface area contributed by atoms with Crippen LogP contribution in [0.1, 0.15) is 26.7 Å². The van der Waals surface area contributed by atoms with Crippen LogP contribution in [-0.4, -0.2) is 31.6 Å². The van der Waals surface area contributed by atoms with Crippen LogP contribution in [0, 0.1) is 0 Å². The van der Waals surface area contributed by atoms with E-state index in [1.54, 1.807) is 19.1 Å². The van der Waals surface area contributed by atoms with E-state index in [1.165, 1.54) is 6.08 Å². The fraction of sp³-hybridized carbons (Fsp3) is 0.474. The molecule has 0 aromatic heterocycles. The molecule has 30 heavy (non-hydrogen) atoms. The van der Waals surface area contributed by atoms with Gasteiger partial charge in [-0.2, -0.15) is 13.2 Å². The largest absolute Gasteiger partial charge is 0.489 e. The van der Waals surface area contributed by atoms with Gasteiger partial charge >= 0.3 is 6.18 Å². The molecule has 0 aliphatic rings. The third kappa shape index (κ3) is 10.7. The summed E-state index contributed by atoms with van der Waals surface area (Å²) in [5.41, 5.74) is 0. The molecule has 0 aliphatic heterocycles. The quantitative estimate of drug-likeness (QED) is 0.288. The number of hydrogen-bond donors (Lipinski definition) is 0. The molecule has 1 aromatic rings. The van der Waals surface area contributed by atoms with Crippen LogP contribution in [-0.2, 0) is 4.74 Å². The van der Waals surface area contributed by atoms with Crippen molar-refractivity contribution in [3.05, 3.63) is 43.9 Å². The molecular formula is C19H20Cl5F3O3. The zero-order chi connectivity index (χ0) is 22.9. The van der Waals surface area contributed by atoms with Crippen LogP contribution in [0.3, 0.4) is 0 Å². The first-order valence-electron chi connectivity index (χ1n) is 8.74. The summed E-state index contributed by atoms with van der Waals surface area (Å²) in [7, 11) is 0. The van der Waals surface area contributed by atoms with E-state index in [0.29, 0.717) is 24.3 Å². The highest BCUT2D eigenvalue weighted by Crippen LogP contribution is 2.38. The van der Waals surface area contributed by atoms with E-state index in [1.807, 2.05) is 6.92 Å². The van der Waals surface area contributed by atoms with E-state index < -0.39 is 11.2 Å². The van der Waals surface area contributed by atoms with E-state index in [9.17, 15) is 13.2 Å². The molecule has 0 N–H and O–H groups in total. The number of allylic oxidation sites excluding steroid dienone is 1. The molecule has 0 saturated heterocycles. The van der Waals surface area contributed by atoms with Crippen LogP contribution in [0.2, 0.25) is 10.0 Å². The topological polar surface area (TPSA) is 27.7 Å². The summed E-state index contributed by atoms with van der Waals surface area (Å²) >= 11 is 28.6. The maximum atomic E-state index is 12.3. The number of rotatable bonds is 11. The summed E-state index contributed by atoms with van der Waals surface area (Å²) in [6.07, 6.45) is -1.78. The van der Waals surface area contributed by atoms with Crippen LogP contribution in [0.4, 0.5) is 13.2 Å². The molecule has 0 saturated carbocycles. The van der Waals surface area contributed by atoms with Crippen LogP contribution in [0.5, 0.6) is 11.5 Å². The Labute approximate surface area is 198 Å². The van der Waals surface area contributed by atoms with E-state index >= 15 is 0 Å². The van der Waals surface area contributed by atoms with E-state index in [4.69, 9.17) is 72.2 Å². The van der Waals surface area contributed by atoms with Crippen LogP contribution < -0.4 is 9.47 Å². The standard InChI is InChI=1S/C19H20Cl5F3O3/c1-11(28-7-5-16(22)19(25,26)27)3-4-12(2)30-18-14(20)9-13(10-15(18)21)29-8-6-17(23)24/h5-6,9-12H,3-4,7-8H2,1-2H3. The fourth-order valence-electron chi connectivity index (χ4n) is 2.15. The minimum absolute atomic E-state index is 0.0821. The summed E-state index contributed by atoms with van der Waals surface area (Å²) in [6, 6.07) is 3.10. The molecule has 0 amide bonds. The maximum absolute atomic E-state index is 12.3. The molecule has 1 aromatic carbocycles. The molecule has 1 rings (SSSR count). The number of alkyl halides is 3. The molecule has 0 aliphatic carbocycles. The lowest BCUT2D eigenvalue weighted by Gasteiger charge is -2.19. The lowest BCUT2D eigenvalue weighted by molar-refractivity contribution is -0.0852. The van der Waals surface area contributed by atoms with Gasteiger partial charge in [0.2, 0.25) is 0 Å². The summed E-state index contributed by atoms with van der Waals surface area (Å²) in [6.45, 7) is 3.47. The van der Waals surface area contributed by atoms with Gasteiger partial charge in [0.25, 0.3) is 0 Å². The Kier molecular flexibility index (Phi) is 12.1. The van der Waals surface area contributed by atoms with Gasteiger partial charge in [0.15, 0.2) is 5.75 Å². The molecule has 0 bridgehead atoms. The molecule has 2 atom stereocenters. The van der Waals surface area contributed by atoms with Crippen molar-refractivity contribution in [3.63, 3.8) is 0 Å². The highest BCUT2D eigenvalue weighted by molar-refractivity contribution is 6.55. The zero-order valence-corrected chi connectivity index (χ0v) is 19.8. The van der Waals surface area contributed by atoms with Gasteiger partial charge in [-0.15, -0.1) is 0 Å². The molecule has 0 spiro atoms. The molecular weight excluding hydrogens is 510 g/mol. The Morgan fingerprint density at radius 3 is 2.07 bits per heavy atom. The smallest absolute Gasteiger partial charge is 0.426 e. The summed E-state index contributed by atoms with van der Waals surface area (Å²) < 4.78 is 53.5. The van der Waals surface area contributed by atoms with Crippen molar-refractivity contribution in [3.8, 4) is 11.5 Å². The van der Waals surface area contributed by atoms with Gasteiger partial charge < -0.3 is 14.2 Å². The lowest BCUT2D eigenvalue weighted by Crippen LogP contribution is -2.17. The second-order valence-electron chi connectivity index (χ2n) is 6.22. The highest BCUT2D eigenvalue weighted by atomic mass is 35.5. The normalized spacial score (nSPS) is 14.3.